The van der Waals surface area contributed by atoms with E-state index in [2.05, 4.69) is 4.74 Å². The number of aliphatic hydroxyl groups excluding tert-OH is 1. The van der Waals surface area contributed by atoms with Crippen LogP contribution in [-0.2, 0) is 4.74 Å². The monoisotopic (exact) mass is 102 g/mol. The van der Waals surface area contributed by atoms with Crippen molar-refractivity contribution in [2.24, 2.45) is 0 Å². The van der Waals surface area contributed by atoms with Crippen LogP contribution in [0.2, 0.25) is 0 Å². The average Bonchev–Trinajstić information content (AvgIpc) is 1.61. The molecule has 2 nitrogen and oxygen atoms in total. The van der Waals surface area contributed by atoms with Crippen molar-refractivity contribution in [1.82, 2.24) is 0 Å². The number of ether oxygens (including phenoxy) is 1. The Hall–Kier alpha value is -0.500. The molecule has 0 bridgehead atoms. The molecule has 7 heavy (non-hydrogen) atoms. The zero-order valence-electron chi connectivity index (χ0n) is 4.64. The Bertz CT molecular complexity index is 62.5. The molecule has 0 rings (SSSR count). The van der Waals surface area contributed by atoms with E-state index in [-0.39, 0.29) is 0 Å². The second kappa shape index (κ2) is 3.68. The van der Waals surface area contributed by atoms with Crippen molar-refractivity contribution in [2.45, 2.75) is 6.92 Å². The van der Waals surface area contributed by atoms with Gasteiger partial charge in [0.05, 0.1) is 12.4 Å². The van der Waals surface area contributed by atoms with E-state index >= 15 is 0 Å². The van der Waals surface area contributed by atoms with Crippen LogP contribution in [0.25, 0.3) is 0 Å². The summed E-state index contributed by atoms with van der Waals surface area (Å²) < 4.78 is 4.62. The molecule has 0 spiro atoms. The van der Waals surface area contributed by atoms with Crippen LogP contribution in [0.1, 0.15) is 6.92 Å². The van der Waals surface area contributed by atoms with Crippen molar-refractivity contribution in [3.05, 3.63) is 11.8 Å². The molecule has 0 atom stereocenters. The Labute approximate surface area is 43.4 Å². The number of allylic oxidation sites excluding steroid dienone is 1. The van der Waals surface area contributed by atoms with E-state index in [9.17, 15) is 0 Å². The summed E-state index contributed by atoms with van der Waals surface area (Å²) >= 11 is 0. The molecule has 0 aromatic heterocycles. The second-order valence-corrected chi connectivity index (χ2v) is 1.30. The van der Waals surface area contributed by atoms with Crippen LogP contribution in [0.3, 0.4) is 0 Å². The Kier molecular flexibility index (Phi) is 3.42. The van der Waals surface area contributed by atoms with Gasteiger partial charge in [-0.15, -0.1) is 0 Å². The average molecular weight is 102 g/mol. The first-order valence-corrected chi connectivity index (χ1v) is 2.12. The van der Waals surface area contributed by atoms with Crippen LogP contribution in [-0.4, -0.2) is 18.8 Å². The van der Waals surface area contributed by atoms with E-state index in [1.54, 1.807) is 20.1 Å². The van der Waals surface area contributed by atoms with Crippen LogP contribution < -0.4 is 0 Å². The van der Waals surface area contributed by atoms with Gasteiger partial charge in [-0.05, 0) is 13.0 Å². The quantitative estimate of drug-likeness (QED) is 0.529. The SMILES string of the molecule is COCC=C(C)O. The Balaban J connectivity index is 3.08. The predicted molar refractivity (Wildman–Crippen MR) is 28.3 cm³/mol. The first-order valence-electron chi connectivity index (χ1n) is 2.12. The molecule has 0 saturated carbocycles. The van der Waals surface area contributed by atoms with Crippen molar-refractivity contribution in [3.63, 3.8) is 0 Å². The maximum absolute atomic E-state index is 8.46. The molecule has 0 radical (unpaired) electrons. The third kappa shape index (κ3) is 5.50. The lowest BCUT2D eigenvalue weighted by Gasteiger charge is -1.87. The molecule has 0 aliphatic heterocycles. The summed E-state index contributed by atoms with van der Waals surface area (Å²) in [5.41, 5.74) is 0. The van der Waals surface area contributed by atoms with Crippen LogP contribution in [0, 0.1) is 0 Å². The third-order valence-corrected chi connectivity index (χ3v) is 0.545. The lowest BCUT2D eigenvalue weighted by molar-refractivity contribution is 0.229. The van der Waals surface area contributed by atoms with E-state index in [1.807, 2.05) is 0 Å². The first-order chi connectivity index (χ1) is 3.27. The highest BCUT2D eigenvalue weighted by atomic mass is 16.5. The molecule has 0 aliphatic rings. The number of hydrogen-bond acceptors (Lipinski definition) is 2. The number of methoxy groups -OCH3 is 1. The third-order valence-electron chi connectivity index (χ3n) is 0.545. The largest absolute Gasteiger partial charge is 0.513 e. The summed E-state index contributed by atoms with van der Waals surface area (Å²) in [7, 11) is 1.58. The predicted octanol–water partition coefficient (Wildman–Crippen LogP) is 1.09. The lowest BCUT2D eigenvalue weighted by Crippen LogP contribution is -1.82. The molecule has 0 heterocycles. The maximum Gasteiger partial charge on any atom is 0.0874 e. The molecule has 0 unspecified atom stereocenters. The van der Waals surface area contributed by atoms with Gasteiger partial charge in [-0.25, -0.2) is 0 Å². The van der Waals surface area contributed by atoms with Crippen molar-refractivity contribution >= 4 is 0 Å². The number of rotatable bonds is 2. The first kappa shape index (κ1) is 6.50. The van der Waals surface area contributed by atoms with Crippen molar-refractivity contribution in [1.29, 1.82) is 0 Å². The fraction of sp³-hybridized carbons (Fsp3) is 0.600. The molecule has 0 saturated heterocycles. The minimum absolute atomic E-state index is 0.307. The normalized spacial score (nSPS) is 12.0. The molecule has 1 N–H and O–H groups in total. The van der Waals surface area contributed by atoms with Crippen LogP contribution in [0.15, 0.2) is 11.8 Å². The summed E-state index contributed by atoms with van der Waals surface area (Å²) in [6.07, 6.45) is 1.60. The van der Waals surface area contributed by atoms with E-state index < -0.39 is 0 Å². The van der Waals surface area contributed by atoms with Crippen molar-refractivity contribution in [2.75, 3.05) is 13.7 Å². The molecule has 0 aromatic carbocycles. The standard InChI is InChI=1S/C5H10O2/c1-5(6)3-4-7-2/h3,6H,4H2,1-2H3. The van der Waals surface area contributed by atoms with E-state index in [4.69, 9.17) is 5.11 Å². The fourth-order valence-corrected chi connectivity index (χ4v) is 0.204. The van der Waals surface area contributed by atoms with E-state index in [0.717, 1.165) is 0 Å². The highest BCUT2D eigenvalue weighted by Gasteiger charge is 1.74. The summed E-state index contributed by atoms with van der Waals surface area (Å²) in [6.45, 7) is 2.10. The van der Waals surface area contributed by atoms with Gasteiger partial charge >= 0.3 is 0 Å². The maximum atomic E-state index is 8.46. The van der Waals surface area contributed by atoms with Crippen LogP contribution in [0.5, 0.6) is 0 Å². The van der Waals surface area contributed by atoms with Gasteiger partial charge in [0.1, 0.15) is 0 Å². The van der Waals surface area contributed by atoms with Crippen molar-refractivity contribution in [3.8, 4) is 0 Å². The summed E-state index contributed by atoms with van der Waals surface area (Å²) in [5.74, 6) is 0.307. The highest BCUT2D eigenvalue weighted by molar-refractivity contribution is 4.84. The van der Waals surface area contributed by atoms with Gasteiger partial charge in [0.15, 0.2) is 0 Å². The van der Waals surface area contributed by atoms with Gasteiger partial charge in [-0.1, -0.05) is 0 Å². The Morgan fingerprint density at radius 1 is 1.86 bits per heavy atom. The number of aliphatic hydroxyl groups is 1. The van der Waals surface area contributed by atoms with Gasteiger partial charge < -0.3 is 9.84 Å². The van der Waals surface area contributed by atoms with Gasteiger partial charge in [-0.2, -0.15) is 0 Å². The van der Waals surface area contributed by atoms with E-state index in [1.165, 1.54) is 0 Å². The van der Waals surface area contributed by atoms with Crippen molar-refractivity contribution < 1.29 is 9.84 Å². The summed E-state index contributed by atoms with van der Waals surface area (Å²) in [4.78, 5) is 0. The summed E-state index contributed by atoms with van der Waals surface area (Å²) in [6, 6.07) is 0. The highest BCUT2D eigenvalue weighted by Crippen LogP contribution is 1.81. The minimum Gasteiger partial charge on any atom is -0.513 e. The molecule has 0 aliphatic carbocycles. The second-order valence-electron chi connectivity index (χ2n) is 1.30. The van der Waals surface area contributed by atoms with Gasteiger partial charge in [0, 0.05) is 7.11 Å². The summed E-state index contributed by atoms with van der Waals surface area (Å²) in [5, 5.41) is 8.46. The number of hydrogen-bond donors (Lipinski definition) is 1. The van der Waals surface area contributed by atoms with Gasteiger partial charge in [0.25, 0.3) is 0 Å². The van der Waals surface area contributed by atoms with Crippen LogP contribution >= 0.6 is 0 Å². The molecular weight excluding hydrogens is 92.1 g/mol. The zero-order valence-corrected chi connectivity index (χ0v) is 4.64. The van der Waals surface area contributed by atoms with E-state index in [0.29, 0.717) is 12.4 Å². The smallest absolute Gasteiger partial charge is 0.0874 e. The zero-order chi connectivity index (χ0) is 5.70. The Morgan fingerprint density at radius 2 is 2.43 bits per heavy atom. The van der Waals surface area contributed by atoms with Gasteiger partial charge in [-0.3, -0.25) is 0 Å². The minimum atomic E-state index is 0.307. The lowest BCUT2D eigenvalue weighted by atomic mass is 10.5. The Morgan fingerprint density at radius 3 is 2.57 bits per heavy atom. The molecule has 0 amide bonds. The molecular formula is C5H10O2. The molecule has 0 aromatic rings. The van der Waals surface area contributed by atoms with Gasteiger partial charge in [0.2, 0.25) is 0 Å². The molecule has 2 heteroatoms. The van der Waals surface area contributed by atoms with Crippen LogP contribution in [0.4, 0.5) is 0 Å². The topological polar surface area (TPSA) is 29.5 Å². The molecule has 42 valence electrons. The fourth-order valence-electron chi connectivity index (χ4n) is 0.204. The molecule has 0 fully saturated rings.